The minimum absolute atomic E-state index is 0.0880. The highest BCUT2D eigenvalue weighted by Gasteiger charge is 2.00. The number of nitrogens with zero attached hydrogens (tertiary/aromatic N) is 2. The summed E-state index contributed by atoms with van der Waals surface area (Å²) in [6.07, 6.45) is 3.17. The standard InChI is InChI=1S/C4H4N2O2.C3H7NO/c5-4(7)3-1-6-2-8-3;1-4(2)3-5/h1-2H,(H2,5,7);3H,1-2H3. The molecule has 0 aliphatic rings. The summed E-state index contributed by atoms with van der Waals surface area (Å²) in [6, 6.07) is 0. The van der Waals surface area contributed by atoms with Crippen LogP contribution in [-0.2, 0) is 4.79 Å². The van der Waals surface area contributed by atoms with Crippen LogP contribution >= 0.6 is 0 Å². The van der Waals surface area contributed by atoms with Gasteiger partial charge in [0.1, 0.15) is 0 Å². The first kappa shape index (κ1) is 11.2. The molecule has 72 valence electrons. The van der Waals surface area contributed by atoms with Crippen LogP contribution in [0, 0.1) is 0 Å². The van der Waals surface area contributed by atoms with Crippen molar-refractivity contribution >= 4 is 12.3 Å². The van der Waals surface area contributed by atoms with E-state index in [0.29, 0.717) is 0 Å². The summed E-state index contributed by atoms with van der Waals surface area (Å²) < 4.78 is 4.51. The third-order valence-electron chi connectivity index (χ3n) is 0.886. The van der Waals surface area contributed by atoms with E-state index in [2.05, 4.69) is 9.40 Å². The van der Waals surface area contributed by atoms with Gasteiger partial charge in [0, 0.05) is 14.1 Å². The Labute approximate surface area is 75.3 Å². The predicted molar refractivity (Wildman–Crippen MR) is 44.8 cm³/mol. The largest absolute Gasteiger partial charge is 0.438 e. The Hall–Kier alpha value is -1.85. The molecule has 1 rings (SSSR count). The van der Waals surface area contributed by atoms with Crippen LogP contribution in [0.3, 0.4) is 0 Å². The van der Waals surface area contributed by atoms with Gasteiger partial charge in [0.2, 0.25) is 12.2 Å². The zero-order valence-electron chi connectivity index (χ0n) is 7.43. The first-order valence-corrected chi connectivity index (χ1v) is 3.38. The number of rotatable bonds is 2. The molecule has 6 nitrogen and oxygen atoms in total. The Bertz CT molecular complexity index is 256. The highest BCUT2D eigenvalue weighted by molar-refractivity contribution is 5.89. The molecule has 2 amide bonds. The second kappa shape index (κ2) is 5.76. The second-order valence-electron chi connectivity index (χ2n) is 2.30. The first-order valence-electron chi connectivity index (χ1n) is 3.38. The van der Waals surface area contributed by atoms with Crippen molar-refractivity contribution in [1.82, 2.24) is 9.88 Å². The molecule has 0 aliphatic heterocycles. The molecule has 6 heteroatoms. The van der Waals surface area contributed by atoms with Crippen LogP contribution in [0.5, 0.6) is 0 Å². The van der Waals surface area contributed by atoms with Gasteiger partial charge in [-0.2, -0.15) is 0 Å². The van der Waals surface area contributed by atoms with Crippen molar-refractivity contribution in [3.05, 3.63) is 18.4 Å². The molecular formula is C7H11N3O3. The van der Waals surface area contributed by atoms with Gasteiger partial charge in [-0.25, -0.2) is 4.98 Å². The molecule has 2 N–H and O–H groups in total. The maximum atomic E-state index is 10.2. The Morgan fingerprint density at radius 3 is 2.38 bits per heavy atom. The van der Waals surface area contributed by atoms with Gasteiger partial charge in [0.15, 0.2) is 6.39 Å². The topological polar surface area (TPSA) is 89.4 Å². The van der Waals surface area contributed by atoms with E-state index in [4.69, 9.17) is 5.73 Å². The molecule has 0 unspecified atom stereocenters. The molecular weight excluding hydrogens is 174 g/mol. The molecule has 0 saturated carbocycles. The lowest BCUT2D eigenvalue weighted by atomic mass is 10.5. The van der Waals surface area contributed by atoms with Gasteiger partial charge in [0.05, 0.1) is 6.20 Å². The molecule has 13 heavy (non-hydrogen) atoms. The molecule has 0 bridgehead atoms. The van der Waals surface area contributed by atoms with E-state index in [1.165, 1.54) is 11.1 Å². The minimum Gasteiger partial charge on any atom is -0.438 e. The summed E-state index contributed by atoms with van der Waals surface area (Å²) in [5.41, 5.74) is 4.79. The summed E-state index contributed by atoms with van der Waals surface area (Å²) in [7, 11) is 3.38. The number of nitrogens with two attached hydrogens (primary N) is 1. The average Bonchev–Trinajstić information content (AvgIpc) is 2.57. The van der Waals surface area contributed by atoms with E-state index >= 15 is 0 Å². The number of primary amides is 1. The number of amides is 2. The lowest BCUT2D eigenvalue weighted by Gasteiger charge is -1.93. The Kier molecular flexibility index (Phi) is 4.94. The van der Waals surface area contributed by atoms with Crippen molar-refractivity contribution in [3.8, 4) is 0 Å². The zero-order chi connectivity index (χ0) is 10.3. The van der Waals surface area contributed by atoms with Gasteiger partial charge in [-0.15, -0.1) is 0 Å². The molecule has 1 heterocycles. The van der Waals surface area contributed by atoms with E-state index in [1.807, 2.05) is 0 Å². The SMILES string of the molecule is CN(C)C=O.NC(=O)c1cnco1. The minimum atomic E-state index is -0.595. The van der Waals surface area contributed by atoms with Crippen LogP contribution in [0.1, 0.15) is 10.6 Å². The molecule has 1 aromatic rings. The molecule has 0 saturated heterocycles. The van der Waals surface area contributed by atoms with Crippen molar-refractivity contribution < 1.29 is 14.0 Å². The molecule has 0 aromatic carbocycles. The van der Waals surface area contributed by atoms with Gasteiger partial charge < -0.3 is 15.1 Å². The number of hydrogen-bond donors (Lipinski definition) is 1. The lowest BCUT2D eigenvalue weighted by Crippen LogP contribution is -2.09. The van der Waals surface area contributed by atoms with E-state index in [0.717, 1.165) is 12.8 Å². The third-order valence-corrected chi connectivity index (χ3v) is 0.886. The number of hydrogen-bond acceptors (Lipinski definition) is 4. The van der Waals surface area contributed by atoms with Gasteiger partial charge in [0.25, 0.3) is 5.91 Å². The third kappa shape index (κ3) is 5.42. The Balaban J connectivity index is 0.000000252. The number of oxazole rings is 1. The molecule has 1 aromatic heterocycles. The monoisotopic (exact) mass is 185 g/mol. The van der Waals surface area contributed by atoms with Crippen LogP contribution < -0.4 is 5.73 Å². The zero-order valence-corrected chi connectivity index (χ0v) is 7.43. The predicted octanol–water partition coefficient (Wildman–Crippen LogP) is -0.522. The first-order chi connectivity index (χ1) is 6.07. The smallest absolute Gasteiger partial charge is 0.286 e. The van der Waals surface area contributed by atoms with Crippen LogP contribution in [0.25, 0.3) is 0 Å². The normalized spacial score (nSPS) is 8.15. The van der Waals surface area contributed by atoms with E-state index < -0.39 is 5.91 Å². The van der Waals surface area contributed by atoms with Gasteiger partial charge >= 0.3 is 0 Å². The fraction of sp³-hybridized carbons (Fsp3) is 0.286. The highest BCUT2D eigenvalue weighted by Crippen LogP contribution is 1.91. The average molecular weight is 185 g/mol. The highest BCUT2D eigenvalue weighted by atomic mass is 16.3. The van der Waals surface area contributed by atoms with Crippen LogP contribution in [0.4, 0.5) is 0 Å². The molecule has 0 atom stereocenters. The van der Waals surface area contributed by atoms with E-state index in [-0.39, 0.29) is 5.76 Å². The van der Waals surface area contributed by atoms with Crippen molar-refractivity contribution in [3.63, 3.8) is 0 Å². The summed E-state index contributed by atoms with van der Waals surface area (Å²) in [5.74, 6) is -0.507. The number of carbonyl (C=O) groups is 2. The second-order valence-corrected chi connectivity index (χ2v) is 2.30. The van der Waals surface area contributed by atoms with Gasteiger partial charge in [-0.05, 0) is 0 Å². The van der Waals surface area contributed by atoms with Crippen LogP contribution in [0.2, 0.25) is 0 Å². The summed E-state index contributed by atoms with van der Waals surface area (Å²) in [5, 5.41) is 0. The van der Waals surface area contributed by atoms with Crippen molar-refractivity contribution in [2.45, 2.75) is 0 Å². The maximum Gasteiger partial charge on any atom is 0.286 e. The van der Waals surface area contributed by atoms with Crippen LogP contribution in [0.15, 0.2) is 17.0 Å². The lowest BCUT2D eigenvalue weighted by molar-refractivity contribution is -0.115. The number of carbonyl (C=O) groups excluding carboxylic acids is 2. The fourth-order valence-corrected chi connectivity index (χ4v) is 0.337. The molecule has 0 aliphatic carbocycles. The van der Waals surface area contributed by atoms with Gasteiger partial charge in [-0.1, -0.05) is 0 Å². The Morgan fingerprint density at radius 1 is 1.69 bits per heavy atom. The Morgan fingerprint density at radius 2 is 2.23 bits per heavy atom. The van der Waals surface area contributed by atoms with E-state index in [1.54, 1.807) is 14.1 Å². The van der Waals surface area contributed by atoms with E-state index in [9.17, 15) is 9.59 Å². The quantitative estimate of drug-likeness (QED) is 0.627. The van der Waals surface area contributed by atoms with Crippen LogP contribution in [-0.4, -0.2) is 36.3 Å². The summed E-state index contributed by atoms with van der Waals surface area (Å²) >= 11 is 0. The molecule has 0 radical (unpaired) electrons. The van der Waals surface area contributed by atoms with Gasteiger partial charge in [-0.3, -0.25) is 9.59 Å². The number of aromatic nitrogens is 1. The summed E-state index contributed by atoms with van der Waals surface area (Å²) in [6.45, 7) is 0. The fourth-order valence-electron chi connectivity index (χ4n) is 0.337. The van der Waals surface area contributed by atoms with Crippen molar-refractivity contribution in [1.29, 1.82) is 0 Å². The van der Waals surface area contributed by atoms with Crippen molar-refractivity contribution in [2.24, 2.45) is 5.73 Å². The molecule has 0 fully saturated rings. The molecule has 0 spiro atoms. The maximum absolute atomic E-state index is 10.2. The summed E-state index contributed by atoms with van der Waals surface area (Å²) in [4.78, 5) is 24.5. The van der Waals surface area contributed by atoms with Crippen molar-refractivity contribution in [2.75, 3.05) is 14.1 Å².